The molecule has 0 radical (unpaired) electrons. The number of carbonyl (C=O) groups is 2. The summed E-state index contributed by atoms with van der Waals surface area (Å²) in [5.74, 6) is 0.0594. The lowest BCUT2D eigenvalue weighted by molar-refractivity contribution is -0.140. The maximum Gasteiger partial charge on any atom is 0.295 e. The number of hydrogen-bond acceptors (Lipinski definition) is 7. The number of unbranched alkanes of at least 4 members (excludes halogenated alkanes) is 1. The molecule has 1 unspecified atom stereocenters. The van der Waals surface area contributed by atoms with Crippen LogP contribution < -0.4 is 14.2 Å². The van der Waals surface area contributed by atoms with Gasteiger partial charge in [-0.25, -0.2) is 0 Å². The molecule has 3 rings (SSSR count). The summed E-state index contributed by atoms with van der Waals surface area (Å²) in [7, 11) is 5.32. The highest BCUT2D eigenvalue weighted by Crippen LogP contribution is 2.42. The Hall–Kier alpha value is -3.78. The Bertz CT molecular complexity index is 1200. The Labute approximate surface area is 225 Å². The molecule has 0 saturated carbocycles. The topological polar surface area (TPSA) is 88.5 Å². The molecule has 38 heavy (non-hydrogen) atoms. The van der Waals surface area contributed by atoms with Crippen molar-refractivity contribution in [3.63, 3.8) is 0 Å². The molecular formula is C30H38N2O6. The van der Waals surface area contributed by atoms with E-state index in [1.165, 1.54) is 12.0 Å². The highest BCUT2D eigenvalue weighted by atomic mass is 16.5. The van der Waals surface area contributed by atoms with Gasteiger partial charge in [0.2, 0.25) is 0 Å². The zero-order valence-corrected chi connectivity index (χ0v) is 23.0. The van der Waals surface area contributed by atoms with Gasteiger partial charge in [-0.3, -0.25) is 9.59 Å². The van der Waals surface area contributed by atoms with E-state index in [1.807, 2.05) is 32.0 Å². The van der Waals surface area contributed by atoms with Crippen LogP contribution in [0.2, 0.25) is 0 Å². The van der Waals surface area contributed by atoms with Crippen molar-refractivity contribution in [2.24, 2.45) is 0 Å². The number of aliphatic hydroxyl groups excluding tert-OH is 1. The summed E-state index contributed by atoms with van der Waals surface area (Å²) in [6.45, 7) is 9.36. The Balaban J connectivity index is 2.11. The molecule has 1 aliphatic rings. The lowest BCUT2D eigenvalue weighted by Gasteiger charge is -2.27. The SMILES string of the molecule is C=CCOc1ccc(C2/C(=C(\O)c3ccc(OCCCC)cc3C)C(=O)C(=O)N2CCN(C)C)cc1OC. The highest BCUT2D eigenvalue weighted by molar-refractivity contribution is 6.46. The van der Waals surface area contributed by atoms with Crippen molar-refractivity contribution in [3.05, 3.63) is 71.3 Å². The smallest absolute Gasteiger partial charge is 0.295 e. The van der Waals surface area contributed by atoms with Gasteiger partial charge in [-0.1, -0.05) is 32.1 Å². The van der Waals surface area contributed by atoms with Crippen LogP contribution in [-0.2, 0) is 9.59 Å². The molecular weight excluding hydrogens is 484 g/mol. The fraction of sp³-hybridized carbons (Fsp3) is 0.400. The molecule has 8 heteroatoms. The normalized spacial score (nSPS) is 16.7. The monoisotopic (exact) mass is 522 g/mol. The standard InChI is InChI=1S/C30H38N2O6/c1-7-9-17-37-22-11-12-23(20(3)18-22)28(33)26-27(32(15-14-31(4)5)30(35)29(26)34)21-10-13-24(38-16-8-2)25(19-21)36-6/h8,10-13,18-19,27,33H,2,7,9,14-17H2,1,3-6H3/b28-26+. The van der Waals surface area contributed by atoms with Gasteiger partial charge in [-0.15, -0.1) is 0 Å². The number of benzene rings is 2. The summed E-state index contributed by atoms with van der Waals surface area (Å²) in [5.41, 5.74) is 1.88. The number of ether oxygens (including phenoxy) is 3. The van der Waals surface area contributed by atoms with Crippen LogP contribution in [0.5, 0.6) is 17.2 Å². The van der Waals surface area contributed by atoms with Crippen molar-refractivity contribution in [1.29, 1.82) is 0 Å². The summed E-state index contributed by atoms with van der Waals surface area (Å²) in [5, 5.41) is 11.5. The lowest BCUT2D eigenvalue weighted by atomic mass is 9.93. The number of likely N-dealkylation sites (N-methyl/N-ethyl adjacent to an activating group) is 1. The highest BCUT2D eigenvalue weighted by Gasteiger charge is 2.46. The molecule has 1 amide bonds. The van der Waals surface area contributed by atoms with E-state index in [-0.39, 0.29) is 11.3 Å². The molecule has 2 aromatic rings. The molecule has 1 heterocycles. The van der Waals surface area contributed by atoms with Crippen LogP contribution in [0.25, 0.3) is 5.76 Å². The van der Waals surface area contributed by atoms with E-state index in [2.05, 4.69) is 13.5 Å². The Morgan fingerprint density at radius 2 is 1.89 bits per heavy atom. The Morgan fingerprint density at radius 3 is 2.53 bits per heavy atom. The summed E-state index contributed by atoms with van der Waals surface area (Å²) < 4.78 is 17.0. The van der Waals surface area contributed by atoms with Gasteiger partial charge in [-0.2, -0.15) is 0 Å². The predicted molar refractivity (Wildman–Crippen MR) is 148 cm³/mol. The van der Waals surface area contributed by atoms with Gasteiger partial charge in [0.15, 0.2) is 11.5 Å². The van der Waals surface area contributed by atoms with E-state index in [1.54, 1.807) is 36.4 Å². The second-order valence-corrected chi connectivity index (χ2v) is 9.48. The fourth-order valence-corrected chi connectivity index (χ4v) is 4.36. The van der Waals surface area contributed by atoms with Crippen molar-refractivity contribution < 1.29 is 28.9 Å². The molecule has 0 aliphatic carbocycles. The summed E-state index contributed by atoms with van der Waals surface area (Å²) in [6, 6.07) is 9.78. The third-order valence-corrected chi connectivity index (χ3v) is 6.41. The van der Waals surface area contributed by atoms with E-state index >= 15 is 0 Å². The van der Waals surface area contributed by atoms with Gasteiger partial charge < -0.3 is 29.1 Å². The average molecular weight is 523 g/mol. The van der Waals surface area contributed by atoms with Crippen LogP contribution in [0.1, 0.15) is 42.5 Å². The van der Waals surface area contributed by atoms with E-state index in [4.69, 9.17) is 14.2 Å². The van der Waals surface area contributed by atoms with Crippen LogP contribution in [-0.4, -0.2) is 74.1 Å². The van der Waals surface area contributed by atoms with Crippen molar-refractivity contribution in [2.45, 2.75) is 32.7 Å². The van der Waals surface area contributed by atoms with Gasteiger partial charge in [-0.05, 0) is 68.9 Å². The number of aliphatic hydroxyl groups is 1. The zero-order chi connectivity index (χ0) is 27.8. The minimum atomic E-state index is -0.794. The number of likely N-dealkylation sites (tertiary alicyclic amines) is 1. The fourth-order valence-electron chi connectivity index (χ4n) is 4.36. The Morgan fingerprint density at radius 1 is 1.13 bits per heavy atom. The molecule has 1 aliphatic heterocycles. The van der Waals surface area contributed by atoms with Crippen LogP contribution >= 0.6 is 0 Å². The zero-order valence-electron chi connectivity index (χ0n) is 23.0. The maximum absolute atomic E-state index is 13.4. The van der Waals surface area contributed by atoms with Crippen molar-refractivity contribution in [3.8, 4) is 17.2 Å². The van der Waals surface area contributed by atoms with Gasteiger partial charge in [0.1, 0.15) is 18.1 Å². The van der Waals surface area contributed by atoms with Crippen molar-refractivity contribution in [2.75, 3.05) is 47.5 Å². The number of nitrogens with zero attached hydrogens (tertiary/aromatic N) is 2. The number of aryl methyl sites for hydroxylation is 1. The van der Waals surface area contributed by atoms with Gasteiger partial charge in [0.05, 0.1) is 25.3 Å². The number of amides is 1. The van der Waals surface area contributed by atoms with Gasteiger partial charge in [0.25, 0.3) is 11.7 Å². The second kappa shape index (κ2) is 13.1. The second-order valence-electron chi connectivity index (χ2n) is 9.48. The predicted octanol–water partition coefficient (Wildman–Crippen LogP) is 4.73. The molecule has 204 valence electrons. The molecule has 2 aromatic carbocycles. The first-order valence-corrected chi connectivity index (χ1v) is 12.8. The molecule has 0 bridgehead atoms. The minimum Gasteiger partial charge on any atom is -0.507 e. The number of carbonyl (C=O) groups excluding carboxylic acids is 2. The molecule has 1 fully saturated rings. The average Bonchev–Trinajstić information content (AvgIpc) is 3.15. The minimum absolute atomic E-state index is 0.0401. The summed E-state index contributed by atoms with van der Waals surface area (Å²) >= 11 is 0. The van der Waals surface area contributed by atoms with E-state index in [0.717, 1.165) is 18.4 Å². The summed E-state index contributed by atoms with van der Waals surface area (Å²) in [4.78, 5) is 30.0. The molecule has 0 spiro atoms. The first-order chi connectivity index (χ1) is 18.2. The number of rotatable bonds is 13. The molecule has 1 N–H and O–H groups in total. The van der Waals surface area contributed by atoms with Crippen LogP contribution in [0.4, 0.5) is 0 Å². The number of Topliss-reactive ketones (excluding diaryl/α,β-unsaturated/α-hetero) is 1. The molecule has 0 aromatic heterocycles. The molecule has 8 nitrogen and oxygen atoms in total. The van der Waals surface area contributed by atoms with Gasteiger partial charge in [0, 0.05) is 18.7 Å². The molecule has 1 saturated heterocycles. The first kappa shape index (κ1) is 28.8. The summed E-state index contributed by atoms with van der Waals surface area (Å²) in [6.07, 6.45) is 3.60. The van der Waals surface area contributed by atoms with E-state index in [0.29, 0.717) is 54.7 Å². The van der Waals surface area contributed by atoms with Crippen LogP contribution in [0.3, 0.4) is 0 Å². The number of methoxy groups -OCH3 is 1. The van der Waals surface area contributed by atoms with Crippen LogP contribution in [0, 0.1) is 6.92 Å². The third kappa shape index (κ3) is 6.37. The first-order valence-electron chi connectivity index (χ1n) is 12.8. The maximum atomic E-state index is 13.4. The largest absolute Gasteiger partial charge is 0.507 e. The van der Waals surface area contributed by atoms with Gasteiger partial charge >= 0.3 is 0 Å². The van der Waals surface area contributed by atoms with E-state index in [9.17, 15) is 14.7 Å². The Kier molecular flexibility index (Phi) is 9.96. The lowest BCUT2D eigenvalue weighted by Crippen LogP contribution is -2.35. The number of ketones is 1. The van der Waals surface area contributed by atoms with Crippen LogP contribution in [0.15, 0.2) is 54.6 Å². The molecule has 1 atom stereocenters. The van der Waals surface area contributed by atoms with Crippen molar-refractivity contribution in [1.82, 2.24) is 9.80 Å². The van der Waals surface area contributed by atoms with Crippen molar-refractivity contribution >= 4 is 17.4 Å². The number of hydrogen-bond donors (Lipinski definition) is 1. The quantitative estimate of drug-likeness (QED) is 0.134. The third-order valence-electron chi connectivity index (χ3n) is 6.41. The van der Waals surface area contributed by atoms with E-state index < -0.39 is 17.7 Å².